The molecule has 266 valence electrons. The molecule has 0 aliphatic carbocycles. The molecule has 0 atom stereocenters. The van der Waals surface area contributed by atoms with E-state index >= 15 is 0 Å². The van der Waals surface area contributed by atoms with Crippen LogP contribution in [-0.2, 0) is 0 Å². The first kappa shape index (κ1) is 33.5. The zero-order chi connectivity index (χ0) is 37.5. The van der Waals surface area contributed by atoms with Crippen LogP contribution in [0.25, 0.3) is 21.9 Å². The zero-order valence-electron chi connectivity index (χ0n) is 30.6. The van der Waals surface area contributed by atoms with E-state index in [1.165, 1.54) is 44.3 Å². The third-order valence-corrected chi connectivity index (χ3v) is 16.0. The van der Waals surface area contributed by atoms with Crippen molar-refractivity contribution in [2.24, 2.45) is 0 Å². The van der Waals surface area contributed by atoms with Gasteiger partial charge in [0.15, 0.2) is 8.07 Å². The first-order valence-electron chi connectivity index (χ1n) is 19.0. The maximum Gasteiger partial charge on any atom is 0.184 e. The molecule has 0 saturated carbocycles. The van der Waals surface area contributed by atoms with Gasteiger partial charge in [-0.3, -0.25) is 0 Å². The molecular weight excluding hydrogens is 700 g/mol. The SMILES string of the molecule is Fc1ccc(N(c2ccc(-c3ccc4c(c3)[Si](c3ccccc3)(c3ccccc3)c3ccccc3N4c3ccccc3)cc2)c2cccc3ccccc23)cc1. The van der Waals surface area contributed by atoms with Gasteiger partial charge in [0.1, 0.15) is 5.82 Å². The number of fused-ring (bicyclic) bond motifs is 3. The van der Waals surface area contributed by atoms with Gasteiger partial charge in [-0.05, 0) is 104 Å². The van der Waals surface area contributed by atoms with E-state index in [2.05, 4.69) is 210 Å². The highest BCUT2D eigenvalue weighted by molar-refractivity contribution is 7.21. The summed E-state index contributed by atoms with van der Waals surface area (Å²) in [6.45, 7) is 0. The van der Waals surface area contributed by atoms with Gasteiger partial charge in [0, 0.05) is 33.8 Å². The lowest BCUT2D eigenvalue weighted by Crippen LogP contribution is -2.77. The number of para-hydroxylation sites is 2. The standard InChI is InChI=1S/C52H37FN2Si/c53-41-30-34-44(35-31-41)54(48-25-14-16-39-15-10-11-23-47(39)48)43-32-27-38(28-33-43)40-29-36-50-52(37-40)56(45-19-6-2-7-20-45,46-21-8-3-9-22-46)51-26-13-12-24-49(51)55(50)42-17-4-1-5-18-42/h1-37H. The van der Waals surface area contributed by atoms with Crippen molar-refractivity contribution in [1.82, 2.24) is 0 Å². The van der Waals surface area contributed by atoms with E-state index in [0.717, 1.165) is 44.6 Å². The predicted molar refractivity (Wildman–Crippen MR) is 236 cm³/mol. The van der Waals surface area contributed by atoms with Crippen LogP contribution in [-0.4, -0.2) is 8.07 Å². The van der Waals surface area contributed by atoms with Crippen LogP contribution in [0.15, 0.2) is 224 Å². The molecule has 0 amide bonds. The number of hydrogen-bond acceptors (Lipinski definition) is 2. The lowest BCUT2D eigenvalue weighted by atomic mass is 10.0. The summed E-state index contributed by atoms with van der Waals surface area (Å²) < 4.78 is 14.2. The Hall–Kier alpha value is -7.01. The molecule has 1 aliphatic rings. The molecular formula is C52H37FN2Si. The van der Waals surface area contributed by atoms with E-state index < -0.39 is 8.07 Å². The van der Waals surface area contributed by atoms with Crippen LogP contribution in [0.5, 0.6) is 0 Å². The lowest BCUT2D eigenvalue weighted by Gasteiger charge is -2.45. The van der Waals surface area contributed by atoms with Gasteiger partial charge < -0.3 is 9.80 Å². The molecule has 0 radical (unpaired) electrons. The summed E-state index contributed by atoms with van der Waals surface area (Å²) in [4.78, 5) is 4.66. The number of rotatable bonds is 7. The van der Waals surface area contributed by atoms with Gasteiger partial charge in [-0.1, -0.05) is 158 Å². The molecule has 0 bridgehead atoms. The molecule has 1 aliphatic heterocycles. The summed E-state index contributed by atoms with van der Waals surface area (Å²) in [7, 11) is -2.84. The highest BCUT2D eigenvalue weighted by Gasteiger charge is 2.48. The van der Waals surface area contributed by atoms with Crippen molar-refractivity contribution in [3.05, 3.63) is 230 Å². The van der Waals surface area contributed by atoms with Crippen molar-refractivity contribution in [2.75, 3.05) is 9.80 Å². The second-order valence-electron chi connectivity index (χ2n) is 14.3. The van der Waals surface area contributed by atoms with Gasteiger partial charge in [-0.25, -0.2) is 4.39 Å². The van der Waals surface area contributed by atoms with E-state index in [0.29, 0.717) is 0 Å². The fraction of sp³-hybridized carbons (Fsp3) is 0. The van der Waals surface area contributed by atoms with Crippen LogP contribution in [0, 0.1) is 5.82 Å². The minimum Gasteiger partial charge on any atom is -0.311 e. The molecule has 2 nitrogen and oxygen atoms in total. The summed E-state index contributed by atoms with van der Waals surface area (Å²) in [6.07, 6.45) is 0. The first-order valence-corrected chi connectivity index (χ1v) is 21.0. The molecule has 0 fully saturated rings. The van der Waals surface area contributed by atoms with E-state index in [1.54, 1.807) is 0 Å². The Morgan fingerprint density at radius 1 is 0.411 bits per heavy atom. The van der Waals surface area contributed by atoms with Crippen molar-refractivity contribution in [3.63, 3.8) is 0 Å². The minimum absolute atomic E-state index is 0.256. The predicted octanol–water partition coefficient (Wildman–Crippen LogP) is 11.3. The molecule has 9 aromatic rings. The molecule has 4 heteroatoms. The Morgan fingerprint density at radius 2 is 0.946 bits per heavy atom. The Morgan fingerprint density at radius 3 is 1.64 bits per heavy atom. The van der Waals surface area contributed by atoms with Crippen molar-refractivity contribution in [1.29, 1.82) is 0 Å². The molecule has 56 heavy (non-hydrogen) atoms. The Labute approximate surface area is 328 Å². The number of anilines is 6. The van der Waals surface area contributed by atoms with E-state index in [4.69, 9.17) is 0 Å². The normalized spacial score (nSPS) is 12.8. The zero-order valence-corrected chi connectivity index (χ0v) is 31.6. The van der Waals surface area contributed by atoms with Crippen LogP contribution in [0.4, 0.5) is 38.5 Å². The molecule has 0 N–H and O–H groups in total. The molecule has 10 rings (SSSR count). The van der Waals surface area contributed by atoms with Gasteiger partial charge in [-0.15, -0.1) is 0 Å². The third-order valence-electron chi connectivity index (χ3n) is 11.2. The number of benzene rings is 9. The van der Waals surface area contributed by atoms with Crippen molar-refractivity contribution >= 4 is 73.7 Å². The maximum atomic E-state index is 14.2. The van der Waals surface area contributed by atoms with Crippen molar-refractivity contribution < 1.29 is 4.39 Å². The molecule has 0 aromatic heterocycles. The number of nitrogens with zero attached hydrogens (tertiary/aromatic N) is 2. The Balaban J connectivity index is 1.18. The quantitative estimate of drug-likeness (QED) is 0.150. The summed E-state index contributed by atoms with van der Waals surface area (Å²) in [5, 5.41) is 7.70. The molecule has 0 spiro atoms. The van der Waals surface area contributed by atoms with Gasteiger partial charge in [0.05, 0.1) is 5.69 Å². The number of halogens is 1. The maximum absolute atomic E-state index is 14.2. The van der Waals surface area contributed by atoms with Crippen LogP contribution < -0.4 is 30.5 Å². The Kier molecular flexibility index (Phi) is 8.39. The first-order chi connectivity index (χ1) is 27.7. The fourth-order valence-corrected chi connectivity index (χ4v) is 13.8. The Bertz CT molecular complexity index is 2760. The number of hydrogen-bond donors (Lipinski definition) is 0. The third kappa shape index (κ3) is 5.54. The molecule has 1 heterocycles. The van der Waals surface area contributed by atoms with Crippen molar-refractivity contribution in [2.45, 2.75) is 0 Å². The second-order valence-corrected chi connectivity index (χ2v) is 18.0. The van der Waals surface area contributed by atoms with Crippen LogP contribution >= 0.6 is 0 Å². The van der Waals surface area contributed by atoms with Crippen LogP contribution in [0.2, 0.25) is 0 Å². The average Bonchev–Trinajstić information content (AvgIpc) is 3.27. The minimum atomic E-state index is -2.84. The van der Waals surface area contributed by atoms with Crippen LogP contribution in [0.1, 0.15) is 0 Å². The molecule has 0 unspecified atom stereocenters. The summed E-state index contributed by atoms with van der Waals surface area (Å²) in [5.41, 5.74) is 8.77. The largest absolute Gasteiger partial charge is 0.311 e. The van der Waals surface area contributed by atoms with E-state index in [9.17, 15) is 4.39 Å². The molecule has 9 aromatic carbocycles. The van der Waals surface area contributed by atoms with Crippen molar-refractivity contribution in [3.8, 4) is 11.1 Å². The fourth-order valence-electron chi connectivity index (χ4n) is 8.72. The summed E-state index contributed by atoms with van der Waals surface area (Å²) in [6, 6.07) is 79.4. The summed E-state index contributed by atoms with van der Waals surface area (Å²) in [5.74, 6) is -0.256. The summed E-state index contributed by atoms with van der Waals surface area (Å²) >= 11 is 0. The van der Waals surface area contributed by atoms with Gasteiger partial charge in [-0.2, -0.15) is 0 Å². The topological polar surface area (TPSA) is 6.48 Å². The molecule has 0 saturated heterocycles. The smallest absolute Gasteiger partial charge is 0.184 e. The van der Waals surface area contributed by atoms with Gasteiger partial charge in [0.25, 0.3) is 0 Å². The van der Waals surface area contributed by atoms with E-state index in [1.807, 2.05) is 12.1 Å². The van der Waals surface area contributed by atoms with E-state index in [-0.39, 0.29) is 5.82 Å². The second kappa shape index (κ2) is 14.0. The average molecular weight is 737 g/mol. The van der Waals surface area contributed by atoms with Gasteiger partial charge in [0.2, 0.25) is 0 Å². The van der Waals surface area contributed by atoms with Gasteiger partial charge >= 0.3 is 0 Å². The van der Waals surface area contributed by atoms with Crippen LogP contribution in [0.3, 0.4) is 0 Å². The highest BCUT2D eigenvalue weighted by atomic mass is 28.3. The lowest BCUT2D eigenvalue weighted by molar-refractivity contribution is 0.628. The monoisotopic (exact) mass is 736 g/mol. The highest BCUT2D eigenvalue weighted by Crippen LogP contribution is 2.42.